The Morgan fingerprint density at radius 1 is 1.04 bits per heavy atom. The zero-order valence-electron chi connectivity index (χ0n) is 13.2. The average molecular weight is 344 g/mol. The summed E-state index contributed by atoms with van der Waals surface area (Å²) in [5.74, 6) is -0.218. The molecule has 0 saturated carbocycles. The zero-order valence-corrected chi connectivity index (χ0v) is 14.0. The third-order valence-corrected chi connectivity index (χ3v) is 4.30. The molecule has 0 atom stereocenters. The molecule has 5 heteroatoms. The monoisotopic (exact) mass is 343 g/mol. The molecule has 1 aliphatic heterocycles. The van der Waals surface area contributed by atoms with Crippen molar-refractivity contribution in [2.75, 3.05) is 6.54 Å². The van der Waals surface area contributed by atoms with E-state index in [1.807, 2.05) is 18.2 Å². The van der Waals surface area contributed by atoms with Gasteiger partial charge < -0.3 is 5.32 Å². The standard InChI is InChI=1S/C19H18FN3.ClH/c20-16-8-6-15(7-9-16)19-17-12-21-11-10-18(17)23(22-19)13-14-4-2-1-3-5-14;/h1-9,21H,10-13H2;1H. The van der Waals surface area contributed by atoms with Crippen LogP contribution in [0.2, 0.25) is 0 Å². The highest BCUT2D eigenvalue weighted by Crippen LogP contribution is 2.28. The van der Waals surface area contributed by atoms with Gasteiger partial charge in [-0.2, -0.15) is 5.10 Å². The van der Waals surface area contributed by atoms with Gasteiger partial charge in [0.05, 0.1) is 12.2 Å². The first-order chi connectivity index (χ1) is 11.3. The maximum Gasteiger partial charge on any atom is 0.123 e. The Balaban J connectivity index is 0.00000169. The average Bonchev–Trinajstić information content (AvgIpc) is 2.95. The predicted molar refractivity (Wildman–Crippen MR) is 95.8 cm³/mol. The molecular weight excluding hydrogens is 325 g/mol. The number of halogens is 2. The Morgan fingerprint density at radius 2 is 1.79 bits per heavy atom. The number of fused-ring (bicyclic) bond motifs is 1. The first-order valence-corrected chi connectivity index (χ1v) is 7.90. The van der Waals surface area contributed by atoms with Crippen LogP contribution in [-0.2, 0) is 19.5 Å². The van der Waals surface area contributed by atoms with E-state index in [2.05, 4.69) is 22.1 Å². The molecule has 3 aromatic rings. The summed E-state index contributed by atoms with van der Waals surface area (Å²) in [6.45, 7) is 2.55. The Morgan fingerprint density at radius 3 is 2.54 bits per heavy atom. The molecule has 1 aliphatic rings. The van der Waals surface area contributed by atoms with Gasteiger partial charge >= 0.3 is 0 Å². The molecule has 4 rings (SSSR count). The van der Waals surface area contributed by atoms with Crippen LogP contribution in [0, 0.1) is 5.82 Å². The van der Waals surface area contributed by atoms with E-state index in [9.17, 15) is 4.39 Å². The summed E-state index contributed by atoms with van der Waals surface area (Å²) in [6.07, 6.45) is 0.969. The lowest BCUT2D eigenvalue weighted by Gasteiger charge is -2.15. The first kappa shape index (κ1) is 16.7. The van der Waals surface area contributed by atoms with Crippen LogP contribution >= 0.6 is 12.4 Å². The highest BCUT2D eigenvalue weighted by Gasteiger charge is 2.21. The first-order valence-electron chi connectivity index (χ1n) is 7.90. The molecule has 24 heavy (non-hydrogen) atoms. The molecule has 1 aromatic heterocycles. The van der Waals surface area contributed by atoms with E-state index in [1.165, 1.54) is 29.0 Å². The summed E-state index contributed by atoms with van der Waals surface area (Å²) >= 11 is 0. The second-order valence-electron chi connectivity index (χ2n) is 5.85. The van der Waals surface area contributed by atoms with Crippen molar-refractivity contribution in [2.24, 2.45) is 0 Å². The Bertz CT molecular complexity index is 813. The van der Waals surface area contributed by atoms with E-state index in [-0.39, 0.29) is 18.2 Å². The van der Waals surface area contributed by atoms with Gasteiger partial charge in [-0.1, -0.05) is 30.3 Å². The van der Waals surface area contributed by atoms with Crippen molar-refractivity contribution in [1.29, 1.82) is 0 Å². The predicted octanol–water partition coefficient (Wildman–Crippen LogP) is 3.81. The van der Waals surface area contributed by atoms with Gasteiger partial charge in [0.2, 0.25) is 0 Å². The van der Waals surface area contributed by atoms with E-state index in [4.69, 9.17) is 5.10 Å². The molecule has 0 radical (unpaired) electrons. The number of hydrogen-bond acceptors (Lipinski definition) is 2. The van der Waals surface area contributed by atoms with Gasteiger partial charge in [-0.05, 0) is 29.8 Å². The smallest absolute Gasteiger partial charge is 0.123 e. The summed E-state index contributed by atoms with van der Waals surface area (Å²) in [5, 5.41) is 8.25. The van der Waals surface area contributed by atoms with E-state index < -0.39 is 0 Å². The van der Waals surface area contributed by atoms with Crippen molar-refractivity contribution in [3.05, 3.63) is 77.2 Å². The number of nitrogens with zero attached hydrogens (tertiary/aromatic N) is 2. The number of nitrogens with one attached hydrogen (secondary N) is 1. The fourth-order valence-electron chi connectivity index (χ4n) is 3.15. The molecule has 0 spiro atoms. The highest BCUT2D eigenvalue weighted by molar-refractivity contribution is 5.85. The molecule has 124 valence electrons. The van der Waals surface area contributed by atoms with E-state index in [1.54, 1.807) is 12.1 Å². The van der Waals surface area contributed by atoms with Crippen LogP contribution in [0.4, 0.5) is 4.39 Å². The summed E-state index contributed by atoms with van der Waals surface area (Å²) in [7, 11) is 0. The highest BCUT2D eigenvalue weighted by atomic mass is 35.5. The minimum atomic E-state index is -0.218. The number of benzene rings is 2. The van der Waals surface area contributed by atoms with Gasteiger partial charge in [-0.15, -0.1) is 12.4 Å². The third kappa shape index (κ3) is 3.21. The van der Waals surface area contributed by atoms with Crippen molar-refractivity contribution < 1.29 is 4.39 Å². The number of aromatic nitrogens is 2. The van der Waals surface area contributed by atoms with Gasteiger partial charge in [0, 0.05) is 36.3 Å². The topological polar surface area (TPSA) is 29.9 Å². The minimum absolute atomic E-state index is 0. The van der Waals surface area contributed by atoms with Gasteiger partial charge in [-0.25, -0.2) is 4.39 Å². The molecule has 2 aromatic carbocycles. The van der Waals surface area contributed by atoms with Gasteiger partial charge in [0.15, 0.2) is 0 Å². The van der Waals surface area contributed by atoms with Crippen molar-refractivity contribution in [2.45, 2.75) is 19.5 Å². The van der Waals surface area contributed by atoms with E-state index >= 15 is 0 Å². The molecule has 0 fully saturated rings. The Hall–Kier alpha value is -2.17. The van der Waals surface area contributed by atoms with Gasteiger partial charge in [-0.3, -0.25) is 4.68 Å². The van der Waals surface area contributed by atoms with Crippen molar-refractivity contribution >= 4 is 12.4 Å². The molecule has 3 nitrogen and oxygen atoms in total. The lowest BCUT2D eigenvalue weighted by atomic mass is 10.0. The van der Waals surface area contributed by atoms with Crippen molar-refractivity contribution in [3.63, 3.8) is 0 Å². The van der Waals surface area contributed by atoms with Crippen LogP contribution in [-0.4, -0.2) is 16.3 Å². The van der Waals surface area contributed by atoms with Crippen LogP contribution in [0.5, 0.6) is 0 Å². The van der Waals surface area contributed by atoms with Crippen molar-refractivity contribution in [1.82, 2.24) is 15.1 Å². The van der Waals surface area contributed by atoms with Crippen LogP contribution in [0.1, 0.15) is 16.8 Å². The van der Waals surface area contributed by atoms with Gasteiger partial charge in [0.1, 0.15) is 5.82 Å². The maximum atomic E-state index is 13.2. The van der Waals surface area contributed by atoms with E-state index in [0.29, 0.717) is 0 Å². The Kier molecular flexibility index (Phi) is 4.97. The second kappa shape index (κ2) is 7.16. The molecule has 0 saturated heterocycles. The van der Waals surface area contributed by atoms with Gasteiger partial charge in [0.25, 0.3) is 0 Å². The molecule has 2 heterocycles. The van der Waals surface area contributed by atoms with Crippen LogP contribution < -0.4 is 5.32 Å². The zero-order chi connectivity index (χ0) is 15.6. The van der Waals surface area contributed by atoms with Crippen LogP contribution in [0.25, 0.3) is 11.3 Å². The molecule has 0 aliphatic carbocycles. The summed E-state index contributed by atoms with van der Waals surface area (Å²) in [5.41, 5.74) is 5.69. The number of rotatable bonds is 3. The largest absolute Gasteiger partial charge is 0.312 e. The summed E-state index contributed by atoms with van der Waals surface area (Å²) in [6, 6.07) is 17.0. The summed E-state index contributed by atoms with van der Waals surface area (Å²) < 4.78 is 15.3. The normalized spacial score (nSPS) is 13.2. The molecule has 0 unspecified atom stereocenters. The SMILES string of the molecule is Cl.Fc1ccc(-c2nn(Cc3ccccc3)c3c2CNCC3)cc1. The lowest BCUT2D eigenvalue weighted by Crippen LogP contribution is -2.25. The molecule has 0 amide bonds. The van der Waals surface area contributed by atoms with Crippen molar-refractivity contribution in [3.8, 4) is 11.3 Å². The fraction of sp³-hybridized carbons (Fsp3) is 0.211. The summed E-state index contributed by atoms with van der Waals surface area (Å²) in [4.78, 5) is 0. The minimum Gasteiger partial charge on any atom is -0.312 e. The Labute approximate surface area is 146 Å². The molecule has 1 N–H and O–H groups in total. The van der Waals surface area contributed by atoms with Crippen LogP contribution in [0.15, 0.2) is 54.6 Å². The fourth-order valence-corrected chi connectivity index (χ4v) is 3.15. The maximum absolute atomic E-state index is 13.2. The molecular formula is C19H19ClFN3. The van der Waals surface area contributed by atoms with Crippen LogP contribution in [0.3, 0.4) is 0 Å². The third-order valence-electron chi connectivity index (χ3n) is 4.30. The lowest BCUT2D eigenvalue weighted by molar-refractivity contribution is 0.582. The second-order valence-corrected chi connectivity index (χ2v) is 5.85. The number of hydrogen-bond donors (Lipinski definition) is 1. The molecule has 0 bridgehead atoms. The van der Waals surface area contributed by atoms with E-state index in [0.717, 1.165) is 37.3 Å². The quantitative estimate of drug-likeness (QED) is 0.783.